The molecule has 3 aromatic rings. The first-order valence-corrected chi connectivity index (χ1v) is 9.55. The Morgan fingerprint density at radius 1 is 0.667 bits per heavy atom. The SMILES string of the molecule is Cc1cccc(C)c1NC(=O)CNC(=O)c1ccc(NC(=O)c2ccccc2)cc1. The standard InChI is InChI=1S/C24H23N3O3/c1-16-7-6-8-17(2)22(16)27-21(28)15-25-23(29)19-11-13-20(14-12-19)26-24(30)18-9-4-3-5-10-18/h3-14H,15H2,1-2H3,(H,25,29)(H,26,30)(H,27,28). The van der Waals surface area contributed by atoms with Crippen molar-refractivity contribution in [3.63, 3.8) is 0 Å². The van der Waals surface area contributed by atoms with Gasteiger partial charge in [0.25, 0.3) is 11.8 Å². The van der Waals surface area contributed by atoms with Crippen LogP contribution in [-0.4, -0.2) is 24.3 Å². The molecule has 6 nitrogen and oxygen atoms in total. The zero-order valence-corrected chi connectivity index (χ0v) is 16.9. The summed E-state index contributed by atoms with van der Waals surface area (Å²) < 4.78 is 0. The third-order valence-electron chi connectivity index (χ3n) is 4.60. The van der Waals surface area contributed by atoms with E-state index in [4.69, 9.17) is 0 Å². The van der Waals surface area contributed by atoms with Crippen molar-refractivity contribution in [1.29, 1.82) is 0 Å². The zero-order valence-electron chi connectivity index (χ0n) is 16.9. The minimum Gasteiger partial charge on any atom is -0.343 e. The number of para-hydroxylation sites is 1. The van der Waals surface area contributed by atoms with Gasteiger partial charge in [0.05, 0.1) is 6.54 Å². The van der Waals surface area contributed by atoms with Gasteiger partial charge >= 0.3 is 0 Å². The van der Waals surface area contributed by atoms with E-state index in [1.807, 2.05) is 38.1 Å². The van der Waals surface area contributed by atoms with Crippen LogP contribution in [0.3, 0.4) is 0 Å². The quantitative estimate of drug-likeness (QED) is 0.585. The zero-order chi connectivity index (χ0) is 21.5. The van der Waals surface area contributed by atoms with Crippen LogP contribution < -0.4 is 16.0 Å². The molecule has 0 bridgehead atoms. The number of nitrogens with one attached hydrogen (secondary N) is 3. The number of benzene rings is 3. The minimum atomic E-state index is -0.368. The average Bonchev–Trinajstić information content (AvgIpc) is 2.76. The van der Waals surface area contributed by atoms with Gasteiger partial charge in [-0.05, 0) is 61.4 Å². The van der Waals surface area contributed by atoms with Crippen molar-refractivity contribution in [2.75, 3.05) is 17.2 Å². The van der Waals surface area contributed by atoms with Crippen molar-refractivity contribution in [3.05, 3.63) is 95.1 Å². The van der Waals surface area contributed by atoms with Gasteiger partial charge in [0.1, 0.15) is 0 Å². The van der Waals surface area contributed by atoms with E-state index >= 15 is 0 Å². The fourth-order valence-corrected chi connectivity index (χ4v) is 2.96. The van der Waals surface area contributed by atoms with Crippen molar-refractivity contribution in [3.8, 4) is 0 Å². The van der Waals surface area contributed by atoms with Gasteiger partial charge in [0.15, 0.2) is 0 Å². The van der Waals surface area contributed by atoms with Crippen molar-refractivity contribution < 1.29 is 14.4 Å². The first-order chi connectivity index (χ1) is 14.4. The maximum Gasteiger partial charge on any atom is 0.255 e. The van der Waals surface area contributed by atoms with Crippen LogP contribution in [0.15, 0.2) is 72.8 Å². The van der Waals surface area contributed by atoms with Crippen LogP contribution in [0.25, 0.3) is 0 Å². The van der Waals surface area contributed by atoms with Crippen molar-refractivity contribution in [2.24, 2.45) is 0 Å². The molecule has 0 saturated heterocycles. The second kappa shape index (κ2) is 9.52. The van der Waals surface area contributed by atoms with Gasteiger partial charge in [-0.15, -0.1) is 0 Å². The first kappa shape index (κ1) is 20.8. The van der Waals surface area contributed by atoms with Gasteiger partial charge in [-0.2, -0.15) is 0 Å². The summed E-state index contributed by atoms with van der Waals surface area (Å²) in [7, 11) is 0. The minimum absolute atomic E-state index is 0.140. The number of hydrogen-bond acceptors (Lipinski definition) is 3. The monoisotopic (exact) mass is 401 g/mol. The summed E-state index contributed by atoms with van der Waals surface area (Å²) in [5.41, 5.74) is 4.20. The molecule has 3 aromatic carbocycles. The number of anilines is 2. The van der Waals surface area contributed by atoms with Crippen LogP contribution >= 0.6 is 0 Å². The van der Waals surface area contributed by atoms with Gasteiger partial charge in [-0.3, -0.25) is 14.4 Å². The fourth-order valence-electron chi connectivity index (χ4n) is 2.96. The second-order valence-corrected chi connectivity index (χ2v) is 6.90. The Hall–Kier alpha value is -3.93. The van der Waals surface area contributed by atoms with Crippen LogP contribution in [0.1, 0.15) is 31.8 Å². The summed E-state index contributed by atoms with van der Waals surface area (Å²) in [6.07, 6.45) is 0. The third-order valence-corrected chi connectivity index (χ3v) is 4.60. The van der Waals surface area contributed by atoms with E-state index in [9.17, 15) is 14.4 Å². The van der Waals surface area contributed by atoms with E-state index in [-0.39, 0.29) is 24.3 Å². The van der Waals surface area contributed by atoms with Crippen LogP contribution in [-0.2, 0) is 4.79 Å². The normalized spacial score (nSPS) is 10.2. The van der Waals surface area contributed by atoms with Crippen molar-refractivity contribution in [1.82, 2.24) is 5.32 Å². The van der Waals surface area contributed by atoms with E-state index in [1.165, 1.54) is 0 Å². The molecule has 0 radical (unpaired) electrons. The molecule has 3 rings (SSSR count). The predicted molar refractivity (Wildman–Crippen MR) is 118 cm³/mol. The Labute approximate surface area is 175 Å². The molecule has 0 aliphatic carbocycles. The molecule has 0 aliphatic heterocycles. The fraction of sp³-hybridized carbons (Fsp3) is 0.125. The lowest BCUT2D eigenvalue weighted by molar-refractivity contribution is -0.115. The van der Waals surface area contributed by atoms with Crippen LogP contribution in [0.5, 0.6) is 0 Å². The highest BCUT2D eigenvalue weighted by Crippen LogP contribution is 2.19. The first-order valence-electron chi connectivity index (χ1n) is 9.55. The van der Waals surface area contributed by atoms with Gasteiger partial charge in [-0.1, -0.05) is 36.4 Å². The molecule has 6 heteroatoms. The van der Waals surface area contributed by atoms with E-state index in [0.717, 1.165) is 16.8 Å². The van der Waals surface area contributed by atoms with Crippen molar-refractivity contribution >= 4 is 29.1 Å². The molecule has 30 heavy (non-hydrogen) atoms. The molecule has 152 valence electrons. The summed E-state index contributed by atoms with van der Waals surface area (Å²) in [4.78, 5) is 36.7. The number of carbonyl (C=O) groups is 3. The summed E-state index contributed by atoms with van der Waals surface area (Å²) in [6, 6.07) is 21.1. The summed E-state index contributed by atoms with van der Waals surface area (Å²) in [6.45, 7) is 3.69. The molecule has 0 aliphatic rings. The lowest BCUT2D eigenvalue weighted by Crippen LogP contribution is -2.33. The van der Waals surface area contributed by atoms with Crippen LogP contribution in [0.2, 0.25) is 0 Å². The van der Waals surface area contributed by atoms with Crippen LogP contribution in [0.4, 0.5) is 11.4 Å². The Morgan fingerprint density at radius 2 is 1.27 bits per heavy atom. The molecule has 3 amide bonds. The smallest absolute Gasteiger partial charge is 0.255 e. The summed E-state index contributed by atoms with van der Waals surface area (Å²) in [5, 5.41) is 8.21. The second-order valence-electron chi connectivity index (χ2n) is 6.90. The molecular weight excluding hydrogens is 378 g/mol. The Kier molecular flexibility index (Phi) is 6.60. The largest absolute Gasteiger partial charge is 0.343 e. The predicted octanol–water partition coefficient (Wildman–Crippen LogP) is 3.92. The van der Waals surface area contributed by atoms with Crippen molar-refractivity contribution in [2.45, 2.75) is 13.8 Å². The van der Waals surface area contributed by atoms with E-state index < -0.39 is 0 Å². The number of aryl methyl sites for hydroxylation is 2. The number of hydrogen-bond donors (Lipinski definition) is 3. The maximum absolute atomic E-state index is 12.3. The maximum atomic E-state index is 12.3. The molecule has 3 N–H and O–H groups in total. The van der Waals surface area contributed by atoms with Gasteiger partial charge < -0.3 is 16.0 Å². The van der Waals surface area contributed by atoms with Crippen LogP contribution in [0, 0.1) is 13.8 Å². The van der Waals surface area contributed by atoms with Gasteiger partial charge in [0, 0.05) is 22.5 Å². The molecule has 0 aromatic heterocycles. The molecule has 0 heterocycles. The molecule has 0 unspecified atom stereocenters. The van der Waals surface area contributed by atoms with E-state index in [2.05, 4.69) is 16.0 Å². The Bertz CT molecular complexity index is 1040. The lowest BCUT2D eigenvalue weighted by Gasteiger charge is -2.12. The topological polar surface area (TPSA) is 87.3 Å². The Balaban J connectivity index is 1.53. The lowest BCUT2D eigenvalue weighted by atomic mass is 10.1. The number of carbonyl (C=O) groups excluding carboxylic acids is 3. The third kappa shape index (κ3) is 5.32. The van der Waals surface area contributed by atoms with E-state index in [1.54, 1.807) is 48.5 Å². The summed E-state index contributed by atoms with van der Waals surface area (Å²) >= 11 is 0. The number of rotatable bonds is 6. The molecule has 0 spiro atoms. The Morgan fingerprint density at radius 3 is 1.90 bits per heavy atom. The highest BCUT2D eigenvalue weighted by atomic mass is 16.2. The summed E-state index contributed by atoms with van der Waals surface area (Å²) in [5.74, 6) is -0.893. The number of amides is 3. The highest BCUT2D eigenvalue weighted by molar-refractivity contribution is 6.04. The van der Waals surface area contributed by atoms with E-state index in [0.29, 0.717) is 16.8 Å². The molecule has 0 saturated carbocycles. The average molecular weight is 401 g/mol. The highest BCUT2D eigenvalue weighted by Gasteiger charge is 2.11. The van der Waals surface area contributed by atoms with Gasteiger partial charge in [-0.25, -0.2) is 0 Å². The molecule has 0 fully saturated rings. The van der Waals surface area contributed by atoms with Gasteiger partial charge in [0.2, 0.25) is 5.91 Å². The molecule has 0 atom stereocenters. The molecular formula is C24H23N3O3.